The fraction of sp³-hybridized carbons (Fsp3) is 0.650. The summed E-state index contributed by atoms with van der Waals surface area (Å²) in [5, 5.41) is 4.30. The highest BCUT2D eigenvalue weighted by atomic mass is 32.2. The smallest absolute Gasteiger partial charge is 0.252 e. The number of piperidine rings is 1. The highest BCUT2D eigenvalue weighted by Gasteiger charge is 2.53. The van der Waals surface area contributed by atoms with Gasteiger partial charge in [-0.1, -0.05) is 6.42 Å². The molecule has 2 aromatic rings. The number of pyridine rings is 1. The average molecular weight is 417 g/mol. The second-order valence-electron chi connectivity index (χ2n) is 8.93. The molecule has 3 aliphatic rings. The van der Waals surface area contributed by atoms with Crippen molar-refractivity contribution in [3.8, 4) is 0 Å². The fourth-order valence-electron chi connectivity index (χ4n) is 5.21. The van der Waals surface area contributed by atoms with Crippen molar-refractivity contribution in [1.82, 2.24) is 18.8 Å². The Morgan fingerprint density at radius 1 is 1.21 bits per heavy atom. The van der Waals surface area contributed by atoms with Crippen LogP contribution >= 0.6 is 0 Å². The van der Waals surface area contributed by atoms with Crippen LogP contribution in [0.5, 0.6) is 0 Å². The zero-order valence-corrected chi connectivity index (χ0v) is 17.6. The Bertz CT molecular complexity index is 1100. The standard InChI is InChI=1S/C20H28N6O2S/c1-29(21,28)25-11-6-15(7-12-25)23-19-22-13-14-4-5-17(27)26(18(14)24-19)16-3-2-8-20(16)9-10-20/h4-5,13,15-16,21H,2-3,6-12H2,1H3,(H,22,23,24). The maximum absolute atomic E-state index is 12.8. The van der Waals surface area contributed by atoms with Crippen LogP contribution in [0.25, 0.3) is 11.0 Å². The molecule has 5 rings (SSSR count). The Balaban J connectivity index is 1.42. The quantitative estimate of drug-likeness (QED) is 0.798. The molecule has 0 amide bonds. The van der Waals surface area contributed by atoms with Crippen LogP contribution in [0.3, 0.4) is 0 Å². The third-order valence-electron chi connectivity index (χ3n) is 7.01. The Hall–Kier alpha value is -2.00. The van der Waals surface area contributed by atoms with Gasteiger partial charge < -0.3 is 5.32 Å². The van der Waals surface area contributed by atoms with Crippen molar-refractivity contribution >= 4 is 26.9 Å². The lowest BCUT2D eigenvalue weighted by Crippen LogP contribution is -2.41. The van der Waals surface area contributed by atoms with Crippen molar-refractivity contribution in [2.45, 2.75) is 57.0 Å². The Kier molecular flexibility index (Phi) is 4.43. The van der Waals surface area contributed by atoms with E-state index in [9.17, 15) is 9.00 Å². The number of nitrogens with one attached hydrogen (secondary N) is 2. The van der Waals surface area contributed by atoms with E-state index in [4.69, 9.17) is 9.76 Å². The van der Waals surface area contributed by atoms with Crippen LogP contribution in [0.4, 0.5) is 5.95 Å². The van der Waals surface area contributed by atoms with Crippen molar-refractivity contribution in [2.24, 2.45) is 5.41 Å². The summed E-state index contributed by atoms with van der Waals surface area (Å²) in [5.74, 6) is 0.543. The molecule has 9 heteroatoms. The van der Waals surface area contributed by atoms with Gasteiger partial charge in [-0.05, 0) is 50.0 Å². The van der Waals surface area contributed by atoms with Gasteiger partial charge in [0.1, 0.15) is 15.6 Å². The van der Waals surface area contributed by atoms with Gasteiger partial charge in [-0.3, -0.25) is 9.36 Å². The molecule has 8 nitrogen and oxygen atoms in total. The summed E-state index contributed by atoms with van der Waals surface area (Å²) >= 11 is 0. The van der Waals surface area contributed by atoms with Gasteiger partial charge in [0.2, 0.25) is 5.95 Å². The Morgan fingerprint density at radius 3 is 2.66 bits per heavy atom. The lowest BCUT2D eigenvalue weighted by Gasteiger charge is -2.32. The number of rotatable bonds is 4. The van der Waals surface area contributed by atoms with E-state index >= 15 is 0 Å². The van der Waals surface area contributed by atoms with Crippen LogP contribution in [-0.4, -0.2) is 48.4 Å². The molecule has 2 atom stereocenters. The summed E-state index contributed by atoms with van der Waals surface area (Å²) in [6.07, 6.45) is 10.7. The molecule has 1 aliphatic heterocycles. The molecule has 3 fully saturated rings. The summed E-state index contributed by atoms with van der Waals surface area (Å²) in [7, 11) is -2.64. The summed E-state index contributed by atoms with van der Waals surface area (Å²) in [6.45, 7) is 1.25. The third kappa shape index (κ3) is 3.44. The second kappa shape index (κ2) is 6.77. The maximum Gasteiger partial charge on any atom is 0.252 e. The van der Waals surface area contributed by atoms with Gasteiger partial charge in [-0.2, -0.15) is 4.98 Å². The molecule has 2 saturated carbocycles. The molecule has 0 bridgehead atoms. The first-order chi connectivity index (χ1) is 13.9. The van der Waals surface area contributed by atoms with Crippen molar-refractivity contribution in [3.63, 3.8) is 0 Å². The average Bonchev–Trinajstić information content (AvgIpc) is 3.35. The zero-order chi connectivity index (χ0) is 20.2. The number of anilines is 1. The van der Waals surface area contributed by atoms with E-state index in [0.717, 1.165) is 30.3 Å². The van der Waals surface area contributed by atoms with E-state index in [1.54, 1.807) is 16.6 Å². The molecule has 2 N–H and O–H groups in total. The number of fused-ring (bicyclic) bond motifs is 1. The van der Waals surface area contributed by atoms with Crippen molar-refractivity contribution < 1.29 is 4.21 Å². The SMILES string of the molecule is CS(=N)(=O)N1CCC(Nc2ncc3ccc(=O)n(C4CCCC45CC5)c3n2)CC1. The molecule has 1 spiro atoms. The van der Waals surface area contributed by atoms with Gasteiger partial charge in [0.25, 0.3) is 5.56 Å². The summed E-state index contributed by atoms with van der Waals surface area (Å²) in [4.78, 5) is 22.0. The fourth-order valence-corrected chi connectivity index (χ4v) is 6.11. The number of hydrogen-bond acceptors (Lipinski definition) is 6. The number of nitrogens with zero attached hydrogens (tertiary/aromatic N) is 4. The van der Waals surface area contributed by atoms with Gasteiger partial charge in [0.05, 0.1) is 0 Å². The third-order valence-corrected chi connectivity index (χ3v) is 8.36. The monoisotopic (exact) mass is 416 g/mol. The van der Waals surface area contributed by atoms with E-state index in [1.807, 2.05) is 10.6 Å². The zero-order valence-electron chi connectivity index (χ0n) is 16.8. The first-order valence-corrected chi connectivity index (χ1v) is 12.4. The minimum absolute atomic E-state index is 0.0294. The second-order valence-corrected chi connectivity index (χ2v) is 11.1. The van der Waals surface area contributed by atoms with Crippen LogP contribution in [0.15, 0.2) is 23.1 Å². The van der Waals surface area contributed by atoms with E-state index in [-0.39, 0.29) is 17.6 Å². The highest BCUT2D eigenvalue weighted by Crippen LogP contribution is 2.63. The molecule has 2 aromatic heterocycles. The van der Waals surface area contributed by atoms with E-state index in [2.05, 4.69) is 10.3 Å². The van der Waals surface area contributed by atoms with Crippen LogP contribution in [-0.2, 0) is 9.92 Å². The normalized spacial score (nSPS) is 26.6. The Labute approximate surface area is 170 Å². The van der Waals surface area contributed by atoms with Gasteiger partial charge in [0.15, 0.2) is 0 Å². The van der Waals surface area contributed by atoms with Crippen molar-refractivity contribution in [3.05, 3.63) is 28.7 Å². The van der Waals surface area contributed by atoms with Gasteiger partial charge in [0, 0.05) is 49.1 Å². The number of aromatic nitrogens is 3. The lowest BCUT2D eigenvalue weighted by atomic mass is 10.00. The lowest BCUT2D eigenvalue weighted by molar-refractivity contribution is 0.342. The molecule has 1 saturated heterocycles. The van der Waals surface area contributed by atoms with E-state index in [1.165, 1.54) is 31.9 Å². The molecular formula is C20H28N6O2S. The van der Waals surface area contributed by atoms with Crippen LogP contribution in [0.2, 0.25) is 0 Å². The summed E-state index contributed by atoms with van der Waals surface area (Å²) in [6, 6.07) is 3.89. The molecule has 0 aromatic carbocycles. The van der Waals surface area contributed by atoms with Gasteiger partial charge in [-0.25, -0.2) is 18.3 Å². The van der Waals surface area contributed by atoms with E-state index < -0.39 is 9.92 Å². The highest BCUT2D eigenvalue weighted by molar-refractivity contribution is 7.89. The molecule has 156 valence electrons. The summed E-state index contributed by atoms with van der Waals surface area (Å²) in [5.41, 5.74) is 1.07. The Morgan fingerprint density at radius 2 is 1.97 bits per heavy atom. The topological polar surface area (TPSA) is 104 Å². The molecule has 0 radical (unpaired) electrons. The van der Waals surface area contributed by atoms with Crippen LogP contribution < -0.4 is 10.9 Å². The first kappa shape index (κ1) is 19.0. The minimum atomic E-state index is -2.64. The predicted octanol–water partition coefficient (Wildman–Crippen LogP) is 2.76. The molecule has 3 heterocycles. The van der Waals surface area contributed by atoms with Crippen LogP contribution in [0, 0.1) is 10.2 Å². The molecule has 29 heavy (non-hydrogen) atoms. The first-order valence-electron chi connectivity index (χ1n) is 10.5. The van der Waals surface area contributed by atoms with Crippen LogP contribution in [0.1, 0.15) is 51.0 Å². The van der Waals surface area contributed by atoms with Crippen molar-refractivity contribution in [2.75, 3.05) is 24.7 Å². The van der Waals surface area contributed by atoms with Crippen molar-refractivity contribution in [1.29, 1.82) is 4.78 Å². The predicted molar refractivity (Wildman–Crippen MR) is 113 cm³/mol. The van der Waals surface area contributed by atoms with E-state index in [0.29, 0.717) is 24.5 Å². The maximum atomic E-state index is 12.8. The minimum Gasteiger partial charge on any atom is -0.351 e. The molecular weight excluding hydrogens is 388 g/mol. The number of hydrogen-bond donors (Lipinski definition) is 2. The molecule has 2 aliphatic carbocycles. The summed E-state index contributed by atoms with van der Waals surface area (Å²) < 4.78 is 23.3. The largest absolute Gasteiger partial charge is 0.351 e. The molecule has 2 unspecified atom stereocenters. The van der Waals surface area contributed by atoms with Gasteiger partial charge >= 0.3 is 0 Å². The van der Waals surface area contributed by atoms with Gasteiger partial charge in [-0.15, -0.1) is 0 Å².